The summed E-state index contributed by atoms with van der Waals surface area (Å²) in [5.74, 6) is -0.675. The number of aromatic nitrogens is 2. The van der Waals surface area contributed by atoms with Crippen molar-refractivity contribution in [3.05, 3.63) is 92.7 Å². The van der Waals surface area contributed by atoms with E-state index in [1.54, 1.807) is 66.7 Å². The van der Waals surface area contributed by atoms with Gasteiger partial charge in [-0.05, 0) is 61.0 Å². The van der Waals surface area contributed by atoms with Crippen LogP contribution in [-0.4, -0.2) is 33.7 Å². The quantitative estimate of drug-likeness (QED) is 0.205. The van der Waals surface area contributed by atoms with E-state index in [1.165, 1.54) is 4.57 Å². The Hall–Kier alpha value is -3.53. The zero-order chi connectivity index (χ0) is 25.7. The highest BCUT2D eigenvalue weighted by atomic mass is 35.5. The van der Waals surface area contributed by atoms with E-state index in [9.17, 15) is 14.4 Å². The summed E-state index contributed by atoms with van der Waals surface area (Å²) in [4.78, 5) is 42.4. The minimum Gasteiger partial charge on any atom is -0.484 e. The smallest absolute Gasteiger partial charge is 0.276 e. The molecule has 0 spiro atoms. The van der Waals surface area contributed by atoms with E-state index in [2.05, 4.69) is 15.8 Å². The van der Waals surface area contributed by atoms with E-state index in [0.29, 0.717) is 43.1 Å². The van der Waals surface area contributed by atoms with Crippen LogP contribution in [0.3, 0.4) is 0 Å². The number of carbonyl (C=O) groups excluding carboxylic acids is 2. The number of benzene rings is 3. The molecular formula is C25H20Cl2N4O4S. The van der Waals surface area contributed by atoms with Gasteiger partial charge < -0.3 is 4.74 Å². The first-order chi connectivity index (χ1) is 17.3. The molecule has 2 N–H and O–H groups in total. The van der Waals surface area contributed by atoms with Crippen molar-refractivity contribution in [1.29, 1.82) is 0 Å². The highest BCUT2D eigenvalue weighted by molar-refractivity contribution is 7.99. The summed E-state index contributed by atoms with van der Waals surface area (Å²) in [6.07, 6.45) is 0. The Bertz CT molecular complexity index is 1490. The Morgan fingerprint density at radius 1 is 0.972 bits per heavy atom. The Labute approximate surface area is 220 Å². The zero-order valence-electron chi connectivity index (χ0n) is 19.0. The minimum absolute atomic E-state index is 0.108. The van der Waals surface area contributed by atoms with Crippen LogP contribution in [0.4, 0.5) is 0 Å². The van der Waals surface area contributed by atoms with Gasteiger partial charge in [0, 0.05) is 10.0 Å². The van der Waals surface area contributed by atoms with E-state index in [4.69, 9.17) is 27.9 Å². The number of carbonyl (C=O) groups is 2. The van der Waals surface area contributed by atoms with E-state index < -0.39 is 11.8 Å². The molecule has 0 saturated heterocycles. The maximum atomic E-state index is 13.4. The molecule has 1 aromatic heterocycles. The van der Waals surface area contributed by atoms with Gasteiger partial charge in [0.1, 0.15) is 5.75 Å². The van der Waals surface area contributed by atoms with Gasteiger partial charge in [-0.15, -0.1) is 0 Å². The van der Waals surface area contributed by atoms with Crippen molar-refractivity contribution in [1.82, 2.24) is 20.4 Å². The minimum atomic E-state index is -0.543. The molecule has 0 fully saturated rings. The molecule has 0 radical (unpaired) electrons. The second-order valence-electron chi connectivity index (χ2n) is 7.56. The molecule has 4 aromatic rings. The molecule has 184 valence electrons. The number of nitrogens with one attached hydrogen (secondary N) is 2. The summed E-state index contributed by atoms with van der Waals surface area (Å²) in [5, 5.41) is 1.81. The van der Waals surface area contributed by atoms with Crippen LogP contribution < -0.4 is 21.1 Å². The summed E-state index contributed by atoms with van der Waals surface area (Å²) < 4.78 is 6.78. The van der Waals surface area contributed by atoms with Gasteiger partial charge in [-0.1, -0.05) is 53.2 Å². The van der Waals surface area contributed by atoms with E-state index in [0.717, 1.165) is 11.8 Å². The number of hydrogen-bond donors (Lipinski definition) is 2. The first kappa shape index (κ1) is 25.6. The molecular weight excluding hydrogens is 523 g/mol. The van der Waals surface area contributed by atoms with Gasteiger partial charge in [0.15, 0.2) is 11.8 Å². The summed E-state index contributed by atoms with van der Waals surface area (Å²) in [6.45, 7) is 1.51. The molecule has 0 aliphatic rings. The molecule has 0 bridgehead atoms. The number of ether oxygens (including phenoxy) is 1. The number of hydrazine groups is 1. The number of rotatable bonds is 7. The van der Waals surface area contributed by atoms with Crippen LogP contribution in [0.15, 0.2) is 76.7 Å². The third kappa shape index (κ3) is 5.99. The zero-order valence-corrected chi connectivity index (χ0v) is 21.3. The molecule has 3 aromatic carbocycles. The summed E-state index contributed by atoms with van der Waals surface area (Å²) >= 11 is 13.2. The Morgan fingerprint density at radius 3 is 2.47 bits per heavy atom. The average molecular weight is 543 g/mol. The second kappa shape index (κ2) is 11.5. The van der Waals surface area contributed by atoms with E-state index >= 15 is 0 Å². The number of amides is 2. The van der Waals surface area contributed by atoms with Crippen molar-refractivity contribution >= 4 is 57.7 Å². The standard InChI is InChI=1S/C25H20Cl2N4O4S/c1-15-19(27)6-4-8-21(15)31-24(34)18-5-2-3-7-20(18)28-25(31)36-14-23(33)30-29-22(32)13-35-17-11-9-16(26)10-12-17/h2-12H,13-14H2,1H3,(H,29,32)(H,30,33). The van der Waals surface area contributed by atoms with Crippen molar-refractivity contribution in [2.24, 2.45) is 0 Å². The van der Waals surface area contributed by atoms with Crippen molar-refractivity contribution < 1.29 is 14.3 Å². The molecule has 36 heavy (non-hydrogen) atoms. The number of fused-ring (bicyclic) bond motifs is 1. The number of thioether (sulfide) groups is 1. The van der Waals surface area contributed by atoms with Gasteiger partial charge in [0.25, 0.3) is 11.5 Å². The van der Waals surface area contributed by atoms with Crippen LogP contribution in [0.25, 0.3) is 16.6 Å². The number of para-hydroxylation sites is 1. The fraction of sp³-hybridized carbons (Fsp3) is 0.120. The van der Waals surface area contributed by atoms with Crippen molar-refractivity contribution in [2.75, 3.05) is 12.4 Å². The van der Waals surface area contributed by atoms with Crippen LogP contribution >= 0.6 is 35.0 Å². The highest BCUT2D eigenvalue weighted by Gasteiger charge is 2.17. The van der Waals surface area contributed by atoms with Crippen LogP contribution in [0, 0.1) is 6.92 Å². The lowest BCUT2D eigenvalue weighted by atomic mass is 10.2. The van der Waals surface area contributed by atoms with Crippen molar-refractivity contribution in [2.45, 2.75) is 12.1 Å². The summed E-state index contributed by atoms with van der Waals surface area (Å²) in [7, 11) is 0. The molecule has 0 aliphatic carbocycles. The predicted octanol–water partition coefficient (Wildman–Crippen LogP) is 4.32. The van der Waals surface area contributed by atoms with Crippen molar-refractivity contribution in [3.63, 3.8) is 0 Å². The van der Waals surface area contributed by atoms with E-state index in [-0.39, 0.29) is 17.9 Å². The van der Waals surface area contributed by atoms with Crippen molar-refractivity contribution in [3.8, 4) is 11.4 Å². The maximum absolute atomic E-state index is 13.4. The Morgan fingerprint density at radius 2 is 1.69 bits per heavy atom. The van der Waals surface area contributed by atoms with Gasteiger partial charge in [0.2, 0.25) is 5.91 Å². The average Bonchev–Trinajstić information content (AvgIpc) is 2.88. The van der Waals surface area contributed by atoms with E-state index in [1.807, 2.05) is 6.92 Å². The number of hydrogen-bond acceptors (Lipinski definition) is 6. The van der Waals surface area contributed by atoms with Crippen LogP contribution in [-0.2, 0) is 9.59 Å². The normalized spacial score (nSPS) is 10.8. The lowest BCUT2D eigenvalue weighted by Gasteiger charge is -2.16. The monoisotopic (exact) mass is 542 g/mol. The maximum Gasteiger partial charge on any atom is 0.276 e. The summed E-state index contributed by atoms with van der Waals surface area (Å²) in [5.41, 5.74) is 6.14. The van der Waals surface area contributed by atoms with Gasteiger partial charge in [-0.25, -0.2) is 4.98 Å². The lowest BCUT2D eigenvalue weighted by Crippen LogP contribution is -2.44. The Balaban J connectivity index is 1.45. The molecule has 0 unspecified atom stereocenters. The third-order valence-electron chi connectivity index (χ3n) is 5.08. The largest absolute Gasteiger partial charge is 0.484 e. The molecule has 1 heterocycles. The Kier molecular flexibility index (Phi) is 8.14. The molecule has 4 rings (SSSR count). The molecule has 8 nitrogen and oxygen atoms in total. The fourth-order valence-corrected chi connectivity index (χ4v) is 4.38. The molecule has 2 amide bonds. The van der Waals surface area contributed by atoms with Crippen LogP contribution in [0.1, 0.15) is 5.56 Å². The van der Waals surface area contributed by atoms with Gasteiger partial charge in [-0.3, -0.25) is 29.8 Å². The van der Waals surface area contributed by atoms with Gasteiger partial charge >= 0.3 is 0 Å². The lowest BCUT2D eigenvalue weighted by molar-refractivity contribution is -0.128. The van der Waals surface area contributed by atoms with Gasteiger partial charge in [0.05, 0.1) is 22.3 Å². The first-order valence-electron chi connectivity index (χ1n) is 10.7. The SMILES string of the molecule is Cc1c(Cl)cccc1-n1c(SCC(=O)NNC(=O)COc2ccc(Cl)cc2)nc2ccccc2c1=O. The van der Waals surface area contributed by atoms with Crippen LogP contribution in [0.5, 0.6) is 5.75 Å². The van der Waals surface area contributed by atoms with Crippen LogP contribution in [0.2, 0.25) is 10.0 Å². The summed E-state index contributed by atoms with van der Waals surface area (Å²) in [6, 6.07) is 18.8. The number of halogens is 2. The predicted molar refractivity (Wildman–Crippen MR) is 141 cm³/mol. The first-order valence-corrected chi connectivity index (χ1v) is 12.4. The molecule has 11 heteroatoms. The topological polar surface area (TPSA) is 102 Å². The third-order valence-corrected chi connectivity index (χ3v) is 6.68. The second-order valence-corrected chi connectivity index (χ2v) is 9.35. The molecule has 0 aliphatic heterocycles. The highest BCUT2D eigenvalue weighted by Crippen LogP contribution is 2.26. The fourth-order valence-electron chi connectivity index (χ4n) is 3.28. The number of nitrogens with zero attached hydrogens (tertiary/aromatic N) is 2. The van der Waals surface area contributed by atoms with Gasteiger partial charge in [-0.2, -0.15) is 0 Å². The molecule has 0 atom stereocenters. The molecule has 0 saturated carbocycles.